The van der Waals surface area contributed by atoms with Gasteiger partial charge in [0.05, 0.1) is 24.7 Å². The lowest BCUT2D eigenvalue weighted by atomic mass is 10.1. The Labute approximate surface area is 155 Å². The van der Waals surface area contributed by atoms with Crippen LogP contribution in [0.4, 0.5) is 5.69 Å². The monoisotopic (exact) mass is 363 g/mol. The first kappa shape index (κ1) is 18.1. The summed E-state index contributed by atoms with van der Waals surface area (Å²) in [6.07, 6.45) is 1.35. The highest BCUT2D eigenvalue weighted by Crippen LogP contribution is 2.13. The molecule has 0 unspecified atom stereocenters. The lowest BCUT2D eigenvalue weighted by molar-refractivity contribution is -0.116. The van der Waals surface area contributed by atoms with Gasteiger partial charge in [-0.15, -0.1) is 0 Å². The molecule has 1 aromatic heterocycles. The molecule has 1 heterocycles. The van der Waals surface area contributed by atoms with Gasteiger partial charge in [-0.3, -0.25) is 14.2 Å². The van der Waals surface area contributed by atoms with Crippen molar-refractivity contribution in [2.75, 3.05) is 12.4 Å². The Bertz CT molecular complexity index is 1010. The quantitative estimate of drug-likeness (QED) is 0.703. The molecule has 1 amide bonds. The van der Waals surface area contributed by atoms with Crippen LogP contribution >= 0.6 is 0 Å². The molecule has 0 spiro atoms. The third-order valence-corrected chi connectivity index (χ3v) is 3.85. The third-order valence-electron chi connectivity index (χ3n) is 3.85. The van der Waals surface area contributed by atoms with Crippen LogP contribution in [0.1, 0.15) is 10.4 Å². The molecule has 7 heteroatoms. The van der Waals surface area contributed by atoms with Crippen LogP contribution in [0.2, 0.25) is 0 Å². The number of carbonyl (C=O) groups is 2. The summed E-state index contributed by atoms with van der Waals surface area (Å²) >= 11 is 0. The molecule has 3 aromatic rings. The van der Waals surface area contributed by atoms with Gasteiger partial charge in [-0.1, -0.05) is 30.3 Å². The minimum Gasteiger partial charge on any atom is -0.465 e. The molecule has 0 saturated carbocycles. The molecular weight excluding hydrogens is 346 g/mol. The first-order valence-corrected chi connectivity index (χ1v) is 8.17. The number of aromatic nitrogens is 2. The normalized spacial score (nSPS) is 10.3. The number of carbonyl (C=O) groups excluding carboxylic acids is 2. The molecular formula is C20H17N3O4. The summed E-state index contributed by atoms with van der Waals surface area (Å²) in [5, 5.41) is 2.67. The Balaban J connectivity index is 1.67. The Morgan fingerprint density at radius 3 is 2.41 bits per heavy atom. The van der Waals surface area contributed by atoms with E-state index in [1.807, 2.05) is 30.3 Å². The molecule has 0 aliphatic carbocycles. The van der Waals surface area contributed by atoms with E-state index >= 15 is 0 Å². The van der Waals surface area contributed by atoms with E-state index in [2.05, 4.69) is 15.0 Å². The number of esters is 1. The van der Waals surface area contributed by atoms with Crippen LogP contribution in [0.15, 0.2) is 71.8 Å². The number of rotatable bonds is 5. The molecule has 0 saturated heterocycles. The summed E-state index contributed by atoms with van der Waals surface area (Å²) in [4.78, 5) is 40.1. The number of hydrogen-bond acceptors (Lipinski definition) is 5. The minimum atomic E-state index is -0.455. The second kappa shape index (κ2) is 8.09. The highest BCUT2D eigenvalue weighted by atomic mass is 16.5. The van der Waals surface area contributed by atoms with Gasteiger partial charge in [-0.2, -0.15) is 0 Å². The van der Waals surface area contributed by atoms with Gasteiger partial charge in [-0.05, 0) is 24.3 Å². The van der Waals surface area contributed by atoms with Gasteiger partial charge < -0.3 is 10.1 Å². The Morgan fingerprint density at radius 2 is 1.78 bits per heavy atom. The molecule has 3 rings (SSSR count). The maximum Gasteiger partial charge on any atom is 0.337 e. The molecule has 1 N–H and O–H groups in total. The van der Waals surface area contributed by atoms with Gasteiger partial charge in [0, 0.05) is 17.3 Å². The van der Waals surface area contributed by atoms with Crippen molar-refractivity contribution >= 4 is 17.6 Å². The Kier molecular flexibility index (Phi) is 5.41. The fourth-order valence-corrected chi connectivity index (χ4v) is 2.47. The van der Waals surface area contributed by atoms with Crippen LogP contribution < -0.4 is 10.9 Å². The number of ether oxygens (including phenoxy) is 1. The van der Waals surface area contributed by atoms with E-state index in [1.165, 1.54) is 24.1 Å². The first-order chi connectivity index (χ1) is 13.1. The first-order valence-electron chi connectivity index (χ1n) is 8.17. The summed E-state index contributed by atoms with van der Waals surface area (Å²) in [5.74, 6) is -0.832. The summed E-state index contributed by atoms with van der Waals surface area (Å²) in [5.41, 5.74) is 1.95. The highest BCUT2D eigenvalue weighted by molar-refractivity contribution is 5.92. The van der Waals surface area contributed by atoms with Crippen molar-refractivity contribution in [1.82, 2.24) is 9.55 Å². The molecule has 0 aliphatic heterocycles. The van der Waals surface area contributed by atoms with E-state index in [1.54, 1.807) is 24.3 Å². The van der Waals surface area contributed by atoms with Crippen molar-refractivity contribution in [2.24, 2.45) is 0 Å². The molecule has 0 radical (unpaired) electrons. The topological polar surface area (TPSA) is 90.3 Å². The van der Waals surface area contributed by atoms with Gasteiger partial charge in [0.2, 0.25) is 5.91 Å². The molecule has 27 heavy (non-hydrogen) atoms. The number of nitrogens with zero attached hydrogens (tertiary/aromatic N) is 2. The van der Waals surface area contributed by atoms with E-state index < -0.39 is 5.97 Å². The lowest BCUT2D eigenvalue weighted by Gasteiger charge is -2.08. The smallest absolute Gasteiger partial charge is 0.337 e. The zero-order valence-corrected chi connectivity index (χ0v) is 14.6. The van der Waals surface area contributed by atoms with E-state index in [4.69, 9.17) is 0 Å². The van der Waals surface area contributed by atoms with Gasteiger partial charge in [-0.25, -0.2) is 9.78 Å². The SMILES string of the molecule is COC(=O)c1ccc(NC(=O)Cn2cnc(-c3ccccc3)cc2=O)cc1. The molecule has 136 valence electrons. The van der Waals surface area contributed by atoms with Crippen LogP contribution in [0.3, 0.4) is 0 Å². The number of benzene rings is 2. The minimum absolute atomic E-state index is 0.167. The number of hydrogen-bond donors (Lipinski definition) is 1. The van der Waals surface area contributed by atoms with Crippen molar-refractivity contribution < 1.29 is 14.3 Å². The standard InChI is InChI=1S/C20H17N3O4/c1-27-20(26)15-7-9-16(10-8-15)22-18(24)12-23-13-21-17(11-19(23)25)14-5-3-2-4-6-14/h2-11,13H,12H2,1H3,(H,22,24). The largest absolute Gasteiger partial charge is 0.465 e. The number of nitrogens with one attached hydrogen (secondary N) is 1. The summed E-state index contributed by atoms with van der Waals surface area (Å²) in [6.45, 7) is -0.167. The molecule has 0 bridgehead atoms. The molecule has 0 atom stereocenters. The molecule has 7 nitrogen and oxygen atoms in total. The number of amides is 1. The van der Waals surface area contributed by atoms with Crippen molar-refractivity contribution in [3.05, 3.63) is 82.9 Å². The second-order valence-electron chi connectivity index (χ2n) is 5.72. The fourth-order valence-electron chi connectivity index (χ4n) is 2.47. The zero-order valence-electron chi connectivity index (χ0n) is 14.6. The lowest BCUT2D eigenvalue weighted by Crippen LogP contribution is -2.27. The molecule has 0 fully saturated rings. The Morgan fingerprint density at radius 1 is 1.07 bits per heavy atom. The van der Waals surface area contributed by atoms with Crippen LogP contribution in [-0.4, -0.2) is 28.5 Å². The molecule has 0 aliphatic rings. The predicted octanol–water partition coefficient (Wildman–Crippen LogP) is 2.34. The average molecular weight is 363 g/mol. The van der Waals surface area contributed by atoms with Crippen LogP contribution in [0.25, 0.3) is 11.3 Å². The van der Waals surface area contributed by atoms with Crippen molar-refractivity contribution in [3.63, 3.8) is 0 Å². The average Bonchev–Trinajstić information content (AvgIpc) is 2.70. The van der Waals surface area contributed by atoms with E-state index in [-0.39, 0.29) is 18.0 Å². The second-order valence-corrected chi connectivity index (χ2v) is 5.72. The summed E-state index contributed by atoms with van der Waals surface area (Å²) in [6, 6.07) is 17.0. The maximum absolute atomic E-state index is 12.2. The van der Waals surface area contributed by atoms with Gasteiger partial charge >= 0.3 is 5.97 Å². The molecule has 2 aromatic carbocycles. The number of anilines is 1. The third kappa shape index (κ3) is 4.46. The van der Waals surface area contributed by atoms with E-state index in [9.17, 15) is 14.4 Å². The highest BCUT2D eigenvalue weighted by Gasteiger charge is 2.09. The Hall–Kier alpha value is -3.74. The van der Waals surface area contributed by atoms with Crippen molar-refractivity contribution in [2.45, 2.75) is 6.54 Å². The van der Waals surface area contributed by atoms with Crippen molar-refractivity contribution in [3.8, 4) is 11.3 Å². The maximum atomic E-state index is 12.2. The van der Waals surface area contributed by atoms with Gasteiger partial charge in [0.15, 0.2) is 0 Å². The van der Waals surface area contributed by atoms with Crippen LogP contribution in [0, 0.1) is 0 Å². The summed E-state index contributed by atoms with van der Waals surface area (Å²) < 4.78 is 5.85. The number of methoxy groups -OCH3 is 1. The van der Waals surface area contributed by atoms with Crippen LogP contribution in [0.5, 0.6) is 0 Å². The van der Waals surface area contributed by atoms with E-state index in [0.29, 0.717) is 16.9 Å². The van der Waals surface area contributed by atoms with Gasteiger partial charge in [0.25, 0.3) is 5.56 Å². The van der Waals surface area contributed by atoms with Crippen molar-refractivity contribution in [1.29, 1.82) is 0 Å². The summed E-state index contributed by atoms with van der Waals surface area (Å²) in [7, 11) is 1.30. The van der Waals surface area contributed by atoms with E-state index in [0.717, 1.165) is 5.56 Å². The van der Waals surface area contributed by atoms with Crippen LogP contribution in [-0.2, 0) is 16.1 Å². The predicted molar refractivity (Wildman–Crippen MR) is 100 cm³/mol. The zero-order chi connectivity index (χ0) is 19.2. The fraction of sp³-hybridized carbons (Fsp3) is 0.100. The van der Waals surface area contributed by atoms with Gasteiger partial charge in [0.1, 0.15) is 6.54 Å².